The summed E-state index contributed by atoms with van der Waals surface area (Å²) >= 11 is 2.93. The molecule has 0 saturated carbocycles. The number of rotatable bonds is 6. The van der Waals surface area contributed by atoms with Crippen LogP contribution in [0.5, 0.6) is 0 Å². The van der Waals surface area contributed by atoms with Gasteiger partial charge in [-0.2, -0.15) is 0 Å². The number of hydrogen-bond acceptors (Lipinski definition) is 6. The summed E-state index contributed by atoms with van der Waals surface area (Å²) in [4.78, 5) is 32.3. The molecule has 0 unspecified atom stereocenters. The maximum absolute atomic E-state index is 13.2. The SMILES string of the molecule is C=C(C)Cn1c(SCC(=O)c2ccccc2)nc2c(=O)c3c(sc21)COC(C)(C)C3. The highest BCUT2D eigenvalue weighted by atomic mass is 32.2. The van der Waals surface area contributed by atoms with Crippen LogP contribution in [0.2, 0.25) is 0 Å². The summed E-state index contributed by atoms with van der Waals surface area (Å²) in [5.41, 5.74) is 2.54. The van der Waals surface area contributed by atoms with Gasteiger partial charge in [-0.25, -0.2) is 4.98 Å². The fourth-order valence-corrected chi connectivity index (χ4v) is 5.60. The molecule has 0 N–H and O–H groups in total. The minimum Gasteiger partial charge on any atom is -0.370 e. The molecule has 0 atom stereocenters. The van der Waals surface area contributed by atoms with Gasteiger partial charge >= 0.3 is 0 Å². The van der Waals surface area contributed by atoms with E-state index in [1.165, 1.54) is 11.8 Å². The van der Waals surface area contributed by atoms with Crippen molar-refractivity contribution < 1.29 is 9.53 Å². The van der Waals surface area contributed by atoms with Crippen molar-refractivity contribution in [1.82, 2.24) is 9.55 Å². The van der Waals surface area contributed by atoms with Crippen molar-refractivity contribution in [3.05, 3.63) is 68.7 Å². The number of Topliss-reactive ketones (excluding diaryl/α,β-unsaturated/α-hetero) is 1. The Balaban J connectivity index is 1.74. The minimum absolute atomic E-state index is 0.0215. The number of nitrogens with zero attached hydrogens (tertiary/aromatic N) is 2. The molecule has 0 amide bonds. The van der Waals surface area contributed by atoms with Crippen molar-refractivity contribution >= 4 is 39.2 Å². The molecule has 7 heteroatoms. The van der Waals surface area contributed by atoms with Crippen LogP contribution in [0.1, 0.15) is 41.6 Å². The average Bonchev–Trinajstić information content (AvgIpc) is 3.04. The second-order valence-electron chi connectivity index (χ2n) is 8.23. The Hall–Kier alpha value is -2.22. The van der Waals surface area contributed by atoms with Crippen LogP contribution >= 0.6 is 23.1 Å². The Morgan fingerprint density at radius 1 is 1.33 bits per heavy atom. The molecular formula is C23H24N2O3S2. The Morgan fingerprint density at radius 3 is 2.77 bits per heavy atom. The van der Waals surface area contributed by atoms with Crippen molar-refractivity contribution in [3.8, 4) is 0 Å². The van der Waals surface area contributed by atoms with Crippen LogP contribution in [0, 0.1) is 0 Å². The molecule has 1 aliphatic heterocycles. The molecular weight excluding hydrogens is 416 g/mol. The van der Waals surface area contributed by atoms with Crippen molar-refractivity contribution in [3.63, 3.8) is 0 Å². The zero-order valence-corrected chi connectivity index (χ0v) is 19.0. The van der Waals surface area contributed by atoms with E-state index in [9.17, 15) is 9.59 Å². The highest BCUT2D eigenvalue weighted by Crippen LogP contribution is 2.34. The first kappa shape index (κ1) is 21.0. The van der Waals surface area contributed by atoms with E-state index >= 15 is 0 Å². The zero-order chi connectivity index (χ0) is 21.5. The van der Waals surface area contributed by atoms with Crippen LogP contribution in [-0.4, -0.2) is 26.7 Å². The van der Waals surface area contributed by atoms with Crippen LogP contribution in [-0.2, 0) is 24.3 Å². The third-order valence-electron chi connectivity index (χ3n) is 4.98. The smallest absolute Gasteiger partial charge is 0.211 e. The lowest BCUT2D eigenvalue weighted by molar-refractivity contribution is -0.0386. The monoisotopic (exact) mass is 440 g/mol. The summed E-state index contributed by atoms with van der Waals surface area (Å²) in [6, 6.07) is 9.22. The molecule has 1 aromatic carbocycles. The van der Waals surface area contributed by atoms with Gasteiger partial charge in [0.15, 0.2) is 10.9 Å². The number of ether oxygens (including phenoxy) is 1. The molecule has 2 aromatic heterocycles. The lowest BCUT2D eigenvalue weighted by atomic mass is 9.96. The molecule has 0 aliphatic carbocycles. The molecule has 0 bridgehead atoms. The number of benzene rings is 1. The highest BCUT2D eigenvalue weighted by molar-refractivity contribution is 7.99. The summed E-state index contributed by atoms with van der Waals surface area (Å²) in [5.74, 6) is 0.299. The number of ketones is 1. The van der Waals surface area contributed by atoms with Crippen molar-refractivity contribution in [2.75, 3.05) is 5.75 Å². The van der Waals surface area contributed by atoms with Gasteiger partial charge < -0.3 is 9.30 Å². The third-order valence-corrected chi connectivity index (χ3v) is 7.18. The fourth-order valence-electron chi connectivity index (χ4n) is 3.51. The van der Waals surface area contributed by atoms with E-state index in [2.05, 4.69) is 11.6 Å². The first-order valence-electron chi connectivity index (χ1n) is 9.79. The van der Waals surface area contributed by atoms with Crippen LogP contribution in [0.25, 0.3) is 10.3 Å². The third kappa shape index (κ3) is 4.15. The fraction of sp³-hybridized carbons (Fsp3) is 0.348. The van der Waals surface area contributed by atoms with Crippen molar-refractivity contribution in [2.24, 2.45) is 0 Å². The Morgan fingerprint density at radius 2 is 2.07 bits per heavy atom. The molecule has 1 aliphatic rings. The number of allylic oxidation sites excluding steroid dienone is 1. The van der Waals surface area contributed by atoms with Crippen LogP contribution in [0.15, 0.2) is 52.4 Å². The highest BCUT2D eigenvalue weighted by Gasteiger charge is 2.30. The largest absolute Gasteiger partial charge is 0.370 e. The Kier molecular flexibility index (Phi) is 5.70. The van der Waals surface area contributed by atoms with E-state index < -0.39 is 0 Å². The minimum atomic E-state index is -0.355. The predicted molar refractivity (Wildman–Crippen MR) is 123 cm³/mol. The van der Waals surface area contributed by atoms with Crippen molar-refractivity contribution in [2.45, 2.75) is 51.1 Å². The molecule has 5 nitrogen and oxygen atoms in total. The summed E-state index contributed by atoms with van der Waals surface area (Å²) < 4.78 is 7.93. The predicted octanol–water partition coefficient (Wildman–Crippen LogP) is 4.86. The maximum Gasteiger partial charge on any atom is 0.211 e. The molecule has 4 rings (SSSR count). The molecule has 0 spiro atoms. The average molecular weight is 441 g/mol. The number of imidazole rings is 1. The molecule has 0 saturated heterocycles. The standard InChI is InChI=1S/C23H24N2O3S2/c1-14(2)11-25-21-19(20(27)16-10-23(3,4)28-12-18(16)30-21)24-22(25)29-13-17(26)15-8-6-5-7-9-15/h5-9H,1,10-13H2,2-4H3. The normalized spacial score (nSPS) is 15.2. The van der Waals surface area contributed by atoms with Crippen LogP contribution in [0.4, 0.5) is 0 Å². The second-order valence-corrected chi connectivity index (χ2v) is 10.3. The summed E-state index contributed by atoms with van der Waals surface area (Å²) in [6.45, 7) is 11.0. The van der Waals surface area contributed by atoms with Gasteiger partial charge in [0.25, 0.3) is 0 Å². The zero-order valence-electron chi connectivity index (χ0n) is 17.4. The van der Waals surface area contributed by atoms with E-state index in [-0.39, 0.29) is 22.6 Å². The van der Waals surface area contributed by atoms with Gasteiger partial charge in [-0.1, -0.05) is 54.2 Å². The topological polar surface area (TPSA) is 61.2 Å². The van der Waals surface area contributed by atoms with E-state index in [1.807, 2.05) is 55.7 Å². The van der Waals surface area contributed by atoms with E-state index in [0.29, 0.717) is 35.8 Å². The molecule has 0 fully saturated rings. The molecule has 30 heavy (non-hydrogen) atoms. The van der Waals surface area contributed by atoms with Crippen LogP contribution < -0.4 is 5.43 Å². The van der Waals surface area contributed by atoms with Crippen molar-refractivity contribution in [1.29, 1.82) is 0 Å². The van der Waals surface area contributed by atoms with Gasteiger partial charge in [0.2, 0.25) is 5.43 Å². The molecule has 156 valence electrons. The summed E-state index contributed by atoms with van der Waals surface area (Å²) in [5, 5.41) is 0.674. The van der Waals surface area contributed by atoms with Gasteiger partial charge in [-0.05, 0) is 20.8 Å². The lowest BCUT2D eigenvalue weighted by Gasteiger charge is -2.30. The summed E-state index contributed by atoms with van der Waals surface area (Å²) in [7, 11) is 0. The van der Waals surface area contributed by atoms with E-state index in [4.69, 9.17) is 4.74 Å². The van der Waals surface area contributed by atoms with Crippen LogP contribution in [0.3, 0.4) is 0 Å². The first-order valence-corrected chi connectivity index (χ1v) is 11.6. The second kappa shape index (κ2) is 8.13. The molecule has 3 aromatic rings. The Labute approximate surface area is 183 Å². The molecule has 0 radical (unpaired) electrons. The number of carbonyl (C=O) groups is 1. The van der Waals surface area contributed by atoms with Gasteiger partial charge in [0, 0.05) is 29.0 Å². The van der Waals surface area contributed by atoms with E-state index in [1.54, 1.807) is 11.3 Å². The Bertz CT molecular complexity index is 1190. The first-order chi connectivity index (χ1) is 14.2. The van der Waals surface area contributed by atoms with Gasteiger partial charge in [-0.3, -0.25) is 9.59 Å². The summed E-state index contributed by atoms with van der Waals surface area (Å²) in [6.07, 6.45) is 0.579. The number of carbonyl (C=O) groups excluding carboxylic acids is 1. The number of aromatic nitrogens is 2. The number of fused-ring (bicyclic) bond motifs is 2. The van der Waals surface area contributed by atoms with Gasteiger partial charge in [0.05, 0.1) is 18.0 Å². The van der Waals surface area contributed by atoms with E-state index in [0.717, 1.165) is 20.8 Å². The maximum atomic E-state index is 13.2. The lowest BCUT2D eigenvalue weighted by Crippen LogP contribution is -2.34. The number of thioether (sulfide) groups is 1. The molecule has 3 heterocycles. The van der Waals surface area contributed by atoms with Gasteiger partial charge in [-0.15, -0.1) is 11.3 Å². The van der Waals surface area contributed by atoms with Gasteiger partial charge in [0.1, 0.15) is 10.3 Å². The number of hydrogen-bond donors (Lipinski definition) is 0. The quantitative estimate of drug-likeness (QED) is 0.311.